The van der Waals surface area contributed by atoms with Gasteiger partial charge in [-0.3, -0.25) is 0 Å². The number of nitrogens with one attached hydrogen (secondary N) is 1. The molecule has 22 heavy (non-hydrogen) atoms. The Balaban J connectivity index is 1.80. The smallest absolute Gasteiger partial charge is 0.277 e. The Morgan fingerprint density at radius 3 is 2.77 bits per heavy atom. The van der Waals surface area contributed by atoms with E-state index in [0.717, 1.165) is 10.6 Å². The van der Waals surface area contributed by atoms with Crippen LogP contribution >= 0.6 is 11.3 Å². The van der Waals surface area contributed by atoms with Crippen molar-refractivity contribution in [2.24, 2.45) is 0 Å². The monoisotopic (exact) mass is 318 g/mol. The SMILES string of the molecule is CNC(C)Cc1noc(-c2csc(-c3ccc(F)cc3)n2)n1. The first-order valence-corrected chi connectivity index (χ1v) is 7.75. The van der Waals surface area contributed by atoms with E-state index < -0.39 is 0 Å². The van der Waals surface area contributed by atoms with Gasteiger partial charge in [0.1, 0.15) is 16.5 Å². The molecule has 0 radical (unpaired) electrons. The summed E-state index contributed by atoms with van der Waals surface area (Å²) in [7, 11) is 1.89. The van der Waals surface area contributed by atoms with Crippen molar-refractivity contribution in [2.45, 2.75) is 19.4 Å². The molecule has 0 saturated heterocycles. The number of hydrogen-bond donors (Lipinski definition) is 1. The second-order valence-electron chi connectivity index (χ2n) is 4.95. The van der Waals surface area contributed by atoms with Crippen molar-refractivity contribution in [1.29, 1.82) is 0 Å². The van der Waals surface area contributed by atoms with E-state index in [2.05, 4.69) is 20.4 Å². The van der Waals surface area contributed by atoms with Crippen LogP contribution in [0.1, 0.15) is 12.7 Å². The molecule has 7 heteroatoms. The van der Waals surface area contributed by atoms with E-state index in [1.165, 1.54) is 23.5 Å². The van der Waals surface area contributed by atoms with Crippen LogP contribution in [0.3, 0.4) is 0 Å². The van der Waals surface area contributed by atoms with Crippen molar-refractivity contribution in [3.05, 3.63) is 41.3 Å². The van der Waals surface area contributed by atoms with Crippen LogP contribution in [0.2, 0.25) is 0 Å². The lowest BCUT2D eigenvalue weighted by Crippen LogP contribution is -2.24. The lowest BCUT2D eigenvalue weighted by Gasteiger charge is -2.04. The topological polar surface area (TPSA) is 63.8 Å². The highest BCUT2D eigenvalue weighted by atomic mass is 32.1. The average Bonchev–Trinajstić information content (AvgIpc) is 3.17. The number of halogens is 1. The van der Waals surface area contributed by atoms with Gasteiger partial charge in [-0.15, -0.1) is 11.3 Å². The highest BCUT2D eigenvalue weighted by Gasteiger charge is 2.14. The summed E-state index contributed by atoms with van der Waals surface area (Å²) in [6, 6.07) is 6.51. The lowest BCUT2D eigenvalue weighted by atomic mass is 10.2. The van der Waals surface area contributed by atoms with Crippen LogP contribution in [-0.2, 0) is 6.42 Å². The molecule has 0 amide bonds. The van der Waals surface area contributed by atoms with E-state index >= 15 is 0 Å². The molecule has 0 saturated carbocycles. The van der Waals surface area contributed by atoms with Crippen molar-refractivity contribution in [3.63, 3.8) is 0 Å². The normalized spacial score (nSPS) is 12.5. The molecule has 0 aliphatic heterocycles. The van der Waals surface area contributed by atoms with Gasteiger partial charge in [0.15, 0.2) is 5.82 Å². The Kier molecular flexibility index (Phi) is 4.26. The molecule has 0 aliphatic rings. The van der Waals surface area contributed by atoms with Gasteiger partial charge in [-0.25, -0.2) is 9.37 Å². The molecule has 1 aromatic carbocycles. The zero-order chi connectivity index (χ0) is 15.5. The Bertz CT molecular complexity index is 753. The summed E-state index contributed by atoms with van der Waals surface area (Å²) in [6.07, 6.45) is 0.689. The summed E-state index contributed by atoms with van der Waals surface area (Å²) in [4.78, 5) is 8.83. The average molecular weight is 318 g/mol. The van der Waals surface area contributed by atoms with Crippen LogP contribution in [0.5, 0.6) is 0 Å². The number of benzene rings is 1. The molecule has 0 aliphatic carbocycles. The second kappa shape index (κ2) is 6.33. The van der Waals surface area contributed by atoms with Gasteiger partial charge in [0.2, 0.25) is 0 Å². The molecule has 1 N–H and O–H groups in total. The van der Waals surface area contributed by atoms with E-state index in [1.54, 1.807) is 12.1 Å². The quantitative estimate of drug-likeness (QED) is 0.783. The van der Waals surface area contributed by atoms with E-state index in [9.17, 15) is 4.39 Å². The number of thiazole rings is 1. The molecule has 3 rings (SSSR count). The number of nitrogens with zero attached hydrogens (tertiary/aromatic N) is 3. The van der Waals surface area contributed by atoms with E-state index in [1.807, 2.05) is 19.4 Å². The van der Waals surface area contributed by atoms with Gasteiger partial charge in [0.05, 0.1) is 0 Å². The summed E-state index contributed by atoms with van der Waals surface area (Å²) in [5, 5.41) is 9.74. The number of aromatic nitrogens is 3. The zero-order valence-corrected chi connectivity index (χ0v) is 13.0. The summed E-state index contributed by atoms with van der Waals surface area (Å²) in [6.45, 7) is 2.05. The first-order chi connectivity index (χ1) is 10.7. The molecule has 0 bridgehead atoms. The van der Waals surface area contributed by atoms with Crippen LogP contribution in [0.25, 0.3) is 22.2 Å². The summed E-state index contributed by atoms with van der Waals surface area (Å²) >= 11 is 1.46. The lowest BCUT2D eigenvalue weighted by molar-refractivity contribution is 0.417. The molecular weight excluding hydrogens is 303 g/mol. The molecule has 0 fully saturated rings. The number of likely N-dealkylation sites (N-methyl/N-ethyl adjacent to an activating group) is 1. The Morgan fingerprint density at radius 1 is 1.27 bits per heavy atom. The minimum Gasteiger partial charge on any atom is -0.332 e. The van der Waals surface area contributed by atoms with Crippen molar-refractivity contribution in [1.82, 2.24) is 20.4 Å². The van der Waals surface area contributed by atoms with Crippen molar-refractivity contribution in [3.8, 4) is 22.2 Å². The van der Waals surface area contributed by atoms with E-state index in [0.29, 0.717) is 23.8 Å². The minimum atomic E-state index is -0.263. The molecule has 3 aromatic rings. The van der Waals surface area contributed by atoms with Gasteiger partial charge in [-0.1, -0.05) is 5.16 Å². The number of rotatable bonds is 5. The van der Waals surface area contributed by atoms with Crippen molar-refractivity contribution < 1.29 is 8.91 Å². The fourth-order valence-electron chi connectivity index (χ4n) is 1.91. The van der Waals surface area contributed by atoms with Crippen LogP contribution in [0, 0.1) is 5.82 Å². The van der Waals surface area contributed by atoms with Gasteiger partial charge in [-0.2, -0.15) is 4.98 Å². The zero-order valence-electron chi connectivity index (χ0n) is 12.2. The largest absolute Gasteiger partial charge is 0.332 e. The first kappa shape index (κ1) is 14.8. The van der Waals surface area contributed by atoms with Gasteiger partial charge < -0.3 is 9.84 Å². The minimum absolute atomic E-state index is 0.263. The van der Waals surface area contributed by atoms with Crippen LogP contribution < -0.4 is 5.32 Å². The Hall–Kier alpha value is -2.12. The molecule has 1 unspecified atom stereocenters. The molecule has 1 atom stereocenters. The predicted octanol–water partition coefficient (Wildman–Crippen LogP) is 3.15. The molecule has 2 aromatic heterocycles. The summed E-state index contributed by atoms with van der Waals surface area (Å²) < 4.78 is 18.2. The van der Waals surface area contributed by atoms with Gasteiger partial charge in [-0.05, 0) is 38.2 Å². The first-order valence-electron chi connectivity index (χ1n) is 6.87. The van der Waals surface area contributed by atoms with Crippen LogP contribution in [0.15, 0.2) is 34.2 Å². The fraction of sp³-hybridized carbons (Fsp3) is 0.267. The third kappa shape index (κ3) is 3.20. The summed E-state index contributed by atoms with van der Waals surface area (Å²) in [5.74, 6) is 0.789. The molecule has 0 spiro atoms. The van der Waals surface area contributed by atoms with Gasteiger partial charge >= 0.3 is 0 Å². The van der Waals surface area contributed by atoms with Gasteiger partial charge in [0, 0.05) is 23.4 Å². The molecular formula is C15H15FN4OS. The fourth-order valence-corrected chi connectivity index (χ4v) is 2.71. The summed E-state index contributed by atoms with van der Waals surface area (Å²) in [5.41, 5.74) is 1.50. The highest BCUT2D eigenvalue weighted by molar-refractivity contribution is 7.13. The maximum Gasteiger partial charge on any atom is 0.277 e. The highest BCUT2D eigenvalue weighted by Crippen LogP contribution is 2.28. The van der Waals surface area contributed by atoms with E-state index in [-0.39, 0.29) is 11.9 Å². The predicted molar refractivity (Wildman–Crippen MR) is 83.0 cm³/mol. The molecule has 114 valence electrons. The Labute approximate surface area is 131 Å². The number of hydrogen-bond acceptors (Lipinski definition) is 6. The van der Waals surface area contributed by atoms with Crippen molar-refractivity contribution in [2.75, 3.05) is 7.05 Å². The maximum atomic E-state index is 13.0. The van der Waals surface area contributed by atoms with Crippen LogP contribution in [-0.4, -0.2) is 28.2 Å². The molecule has 5 nitrogen and oxygen atoms in total. The van der Waals surface area contributed by atoms with E-state index in [4.69, 9.17) is 4.52 Å². The van der Waals surface area contributed by atoms with Crippen molar-refractivity contribution >= 4 is 11.3 Å². The van der Waals surface area contributed by atoms with Crippen LogP contribution in [0.4, 0.5) is 4.39 Å². The Morgan fingerprint density at radius 2 is 2.05 bits per heavy atom. The maximum absolute atomic E-state index is 13.0. The second-order valence-corrected chi connectivity index (χ2v) is 5.81. The standard InChI is InChI=1S/C15H15FN4OS/c1-9(17-2)7-13-19-14(21-20-13)12-8-22-15(18-12)10-3-5-11(16)6-4-10/h3-6,8-9,17H,7H2,1-2H3. The molecule has 2 heterocycles. The van der Waals surface area contributed by atoms with Gasteiger partial charge in [0.25, 0.3) is 5.89 Å². The third-order valence-corrected chi connectivity index (χ3v) is 4.16. The third-order valence-electron chi connectivity index (χ3n) is 3.26.